The van der Waals surface area contributed by atoms with E-state index in [1.54, 1.807) is 49.4 Å². The summed E-state index contributed by atoms with van der Waals surface area (Å²) in [6.45, 7) is 3.96. The molecule has 22 heavy (non-hydrogen) atoms. The minimum atomic E-state index is -0.383. The van der Waals surface area contributed by atoms with Crippen molar-refractivity contribution in [3.8, 4) is 0 Å². The first-order valence-corrected chi connectivity index (χ1v) is 6.96. The average molecular weight is 298 g/mol. The number of anilines is 2. The molecule has 5 nitrogen and oxygen atoms in total. The maximum atomic E-state index is 12.1. The minimum absolute atomic E-state index is 0.254. The van der Waals surface area contributed by atoms with Crippen LogP contribution in [0.3, 0.4) is 0 Å². The molecule has 0 unspecified atom stereocenters. The van der Waals surface area contributed by atoms with E-state index in [0.29, 0.717) is 29.1 Å². The number of esters is 1. The number of carbonyl (C=O) groups excluding carboxylic acids is 2. The highest BCUT2D eigenvalue weighted by molar-refractivity contribution is 6.05. The molecule has 2 rings (SSSR count). The van der Waals surface area contributed by atoms with Crippen LogP contribution in [0.5, 0.6) is 0 Å². The van der Waals surface area contributed by atoms with E-state index in [4.69, 9.17) is 10.5 Å². The second kappa shape index (κ2) is 6.76. The lowest BCUT2D eigenvalue weighted by Gasteiger charge is -2.08. The van der Waals surface area contributed by atoms with Gasteiger partial charge >= 0.3 is 5.97 Å². The fourth-order valence-electron chi connectivity index (χ4n) is 1.89. The van der Waals surface area contributed by atoms with Crippen molar-refractivity contribution in [3.63, 3.8) is 0 Å². The number of nitrogens with one attached hydrogen (secondary N) is 1. The zero-order valence-corrected chi connectivity index (χ0v) is 12.6. The fourth-order valence-corrected chi connectivity index (χ4v) is 1.89. The zero-order chi connectivity index (χ0) is 16.1. The van der Waals surface area contributed by atoms with Crippen molar-refractivity contribution in [1.82, 2.24) is 0 Å². The number of nitrogens with two attached hydrogens (primary N) is 1. The van der Waals surface area contributed by atoms with Gasteiger partial charge in [-0.3, -0.25) is 4.79 Å². The first kappa shape index (κ1) is 15.6. The molecule has 0 saturated heterocycles. The van der Waals surface area contributed by atoms with Gasteiger partial charge in [-0.1, -0.05) is 6.07 Å². The molecule has 1 amide bonds. The Bertz CT molecular complexity index is 694. The number of hydrogen-bond donors (Lipinski definition) is 2. The maximum absolute atomic E-state index is 12.1. The van der Waals surface area contributed by atoms with Gasteiger partial charge in [0.15, 0.2) is 0 Å². The summed E-state index contributed by atoms with van der Waals surface area (Å²) in [5.41, 5.74) is 8.83. The van der Waals surface area contributed by atoms with Crippen molar-refractivity contribution >= 4 is 23.3 Å². The van der Waals surface area contributed by atoms with Gasteiger partial charge in [0.25, 0.3) is 5.91 Å². The molecule has 5 heteroatoms. The van der Waals surface area contributed by atoms with E-state index < -0.39 is 0 Å². The third-order valence-corrected chi connectivity index (χ3v) is 3.20. The SMILES string of the molecule is CCOC(=O)c1ccc(NC(=O)c2ccc(C)c(N)c2)cc1. The standard InChI is InChI=1S/C17H18N2O3/c1-3-22-17(21)12-6-8-14(9-7-12)19-16(20)13-5-4-11(2)15(18)10-13/h4-10H,3,18H2,1-2H3,(H,19,20). The van der Waals surface area contributed by atoms with Crippen LogP contribution in [0.4, 0.5) is 11.4 Å². The van der Waals surface area contributed by atoms with Crippen LogP contribution in [0, 0.1) is 6.92 Å². The van der Waals surface area contributed by atoms with Crippen LogP contribution in [0.15, 0.2) is 42.5 Å². The van der Waals surface area contributed by atoms with E-state index in [2.05, 4.69) is 5.32 Å². The van der Waals surface area contributed by atoms with E-state index in [1.807, 2.05) is 6.92 Å². The minimum Gasteiger partial charge on any atom is -0.462 e. The van der Waals surface area contributed by atoms with Gasteiger partial charge < -0.3 is 15.8 Å². The summed E-state index contributed by atoms with van der Waals surface area (Å²) in [4.78, 5) is 23.7. The van der Waals surface area contributed by atoms with Crippen LogP contribution in [0.25, 0.3) is 0 Å². The van der Waals surface area contributed by atoms with E-state index in [9.17, 15) is 9.59 Å². The first-order valence-electron chi connectivity index (χ1n) is 6.96. The maximum Gasteiger partial charge on any atom is 0.338 e. The van der Waals surface area contributed by atoms with Crippen molar-refractivity contribution in [3.05, 3.63) is 59.2 Å². The van der Waals surface area contributed by atoms with Gasteiger partial charge in [0.05, 0.1) is 12.2 Å². The molecular formula is C17H18N2O3. The Morgan fingerprint density at radius 2 is 1.73 bits per heavy atom. The molecule has 2 aromatic carbocycles. The summed E-state index contributed by atoms with van der Waals surface area (Å²) in [6, 6.07) is 11.7. The highest BCUT2D eigenvalue weighted by Gasteiger charge is 2.09. The van der Waals surface area contributed by atoms with Crippen molar-refractivity contribution in [2.24, 2.45) is 0 Å². The van der Waals surface area contributed by atoms with E-state index in [-0.39, 0.29) is 11.9 Å². The number of ether oxygens (including phenoxy) is 1. The summed E-state index contributed by atoms with van der Waals surface area (Å²) in [5, 5.41) is 2.76. The fraction of sp³-hybridized carbons (Fsp3) is 0.176. The van der Waals surface area contributed by atoms with Crippen molar-refractivity contribution < 1.29 is 14.3 Å². The number of aryl methyl sites for hydroxylation is 1. The Kier molecular flexibility index (Phi) is 4.78. The summed E-state index contributed by atoms with van der Waals surface area (Å²) in [5.74, 6) is -0.637. The van der Waals surface area contributed by atoms with Gasteiger partial charge in [0, 0.05) is 16.9 Å². The van der Waals surface area contributed by atoms with Gasteiger partial charge in [-0.15, -0.1) is 0 Å². The molecular weight excluding hydrogens is 280 g/mol. The Balaban J connectivity index is 2.08. The number of benzene rings is 2. The van der Waals surface area contributed by atoms with E-state index >= 15 is 0 Å². The lowest BCUT2D eigenvalue weighted by Crippen LogP contribution is -2.12. The molecule has 114 valence electrons. The van der Waals surface area contributed by atoms with Crippen LogP contribution >= 0.6 is 0 Å². The normalized spacial score (nSPS) is 10.1. The second-order valence-corrected chi connectivity index (χ2v) is 4.82. The van der Waals surface area contributed by atoms with Crippen molar-refractivity contribution in [2.75, 3.05) is 17.7 Å². The second-order valence-electron chi connectivity index (χ2n) is 4.82. The van der Waals surface area contributed by atoms with E-state index in [0.717, 1.165) is 5.56 Å². The topological polar surface area (TPSA) is 81.4 Å². The quantitative estimate of drug-likeness (QED) is 0.671. The number of carbonyl (C=O) groups is 2. The number of rotatable bonds is 4. The molecule has 3 N–H and O–H groups in total. The molecule has 0 radical (unpaired) electrons. The predicted octanol–water partition coefficient (Wildman–Crippen LogP) is 3.01. The summed E-state index contributed by atoms with van der Waals surface area (Å²) in [6.07, 6.45) is 0. The summed E-state index contributed by atoms with van der Waals surface area (Å²) in [7, 11) is 0. The molecule has 0 heterocycles. The lowest BCUT2D eigenvalue weighted by atomic mass is 10.1. The molecule has 0 aromatic heterocycles. The monoisotopic (exact) mass is 298 g/mol. The highest BCUT2D eigenvalue weighted by Crippen LogP contribution is 2.16. The lowest BCUT2D eigenvalue weighted by molar-refractivity contribution is 0.0526. The summed E-state index contributed by atoms with van der Waals surface area (Å²) >= 11 is 0. The number of nitrogen functional groups attached to an aromatic ring is 1. The van der Waals surface area contributed by atoms with Gasteiger partial charge in [-0.05, 0) is 55.8 Å². The largest absolute Gasteiger partial charge is 0.462 e. The molecule has 0 saturated carbocycles. The van der Waals surface area contributed by atoms with Crippen LogP contribution in [-0.2, 0) is 4.74 Å². The molecule has 0 aliphatic rings. The number of hydrogen-bond acceptors (Lipinski definition) is 4. The van der Waals surface area contributed by atoms with Crippen molar-refractivity contribution in [2.45, 2.75) is 13.8 Å². The van der Waals surface area contributed by atoms with Crippen LogP contribution in [0.2, 0.25) is 0 Å². The summed E-state index contributed by atoms with van der Waals surface area (Å²) < 4.78 is 4.90. The Morgan fingerprint density at radius 3 is 2.32 bits per heavy atom. The predicted molar refractivity (Wildman–Crippen MR) is 85.9 cm³/mol. The molecule has 2 aromatic rings. The third-order valence-electron chi connectivity index (χ3n) is 3.20. The molecule has 0 spiro atoms. The molecule has 0 aliphatic heterocycles. The smallest absolute Gasteiger partial charge is 0.338 e. The van der Waals surface area contributed by atoms with Crippen LogP contribution in [-0.4, -0.2) is 18.5 Å². The van der Waals surface area contributed by atoms with Crippen LogP contribution in [0.1, 0.15) is 33.2 Å². The highest BCUT2D eigenvalue weighted by atomic mass is 16.5. The molecule has 0 fully saturated rings. The molecule has 0 bridgehead atoms. The Morgan fingerprint density at radius 1 is 1.09 bits per heavy atom. The average Bonchev–Trinajstić information content (AvgIpc) is 2.51. The van der Waals surface area contributed by atoms with Gasteiger partial charge in [0.1, 0.15) is 0 Å². The third kappa shape index (κ3) is 3.63. The molecule has 0 atom stereocenters. The first-order chi connectivity index (χ1) is 10.5. The van der Waals surface area contributed by atoms with Gasteiger partial charge in [-0.2, -0.15) is 0 Å². The zero-order valence-electron chi connectivity index (χ0n) is 12.6. The van der Waals surface area contributed by atoms with E-state index in [1.165, 1.54) is 0 Å². The van der Waals surface area contributed by atoms with Gasteiger partial charge in [0.2, 0.25) is 0 Å². The number of amides is 1. The van der Waals surface area contributed by atoms with Gasteiger partial charge in [-0.25, -0.2) is 4.79 Å². The Labute approximate surface area is 129 Å². The van der Waals surface area contributed by atoms with Crippen molar-refractivity contribution in [1.29, 1.82) is 0 Å². The Hall–Kier alpha value is -2.82. The molecule has 0 aliphatic carbocycles. The van der Waals surface area contributed by atoms with Crippen LogP contribution < -0.4 is 11.1 Å².